The highest BCUT2D eigenvalue weighted by Crippen LogP contribution is 2.31. The van der Waals surface area contributed by atoms with E-state index in [0.29, 0.717) is 34.4 Å². The largest absolute Gasteiger partial charge is 0.486 e. The van der Waals surface area contributed by atoms with Gasteiger partial charge < -0.3 is 15.8 Å². The Morgan fingerprint density at radius 3 is 2.66 bits per heavy atom. The number of primary amides is 1. The van der Waals surface area contributed by atoms with Crippen LogP contribution in [0.25, 0.3) is 10.9 Å². The fourth-order valence-electron chi connectivity index (χ4n) is 2.75. The van der Waals surface area contributed by atoms with E-state index in [1.54, 1.807) is 30.5 Å². The molecule has 8 heteroatoms. The second-order valence-electron chi connectivity index (χ2n) is 6.16. The van der Waals surface area contributed by atoms with E-state index in [1.807, 2.05) is 36.4 Å². The first-order valence-electron chi connectivity index (χ1n) is 8.76. The van der Waals surface area contributed by atoms with Gasteiger partial charge in [0.2, 0.25) is 5.82 Å². The van der Waals surface area contributed by atoms with Gasteiger partial charge >= 0.3 is 0 Å². The number of carbonyl (C=O) groups is 1. The van der Waals surface area contributed by atoms with Gasteiger partial charge in [0.05, 0.1) is 16.2 Å². The van der Waals surface area contributed by atoms with Crippen molar-refractivity contribution in [3.8, 4) is 5.75 Å². The normalized spacial score (nSPS) is 10.7. The first-order chi connectivity index (χ1) is 14.1. The van der Waals surface area contributed by atoms with Crippen LogP contribution in [0.3, 0.4) is 0 Å². The summed E-state index contributed by atoms with van der Waals surface area (Å²) in [5, 5.41) is 4.36. The summed E-state index contributed by atoms with van der Waals surface area (Å²) in [6.07, 6.45) is 1.71. The lowest BCUT2D eigenvalue weighted by molar-refractivity contribution is 0.0991. The molecule has 0 saturated heterocycles. The fourth-order valence-corrected chi connectivity index (χ4v) is 2.98. The van der Waals surface area contributed by atoms with Crippen molar-refractivity contribution in [3.05, 3.63) is 83.4 Å². The number of hydrogen-bond donors (Lipinski definition) is 2. The molecule has 0 aliphatic carbocycles. The number of fused-ring (bicyclic) bond motifs is 1. The summed E-state index contributed by atoms with van der Waals surface area (Å²) in [6, 6.07) is 18.2. The fraction of sp³-hybridized carbons (Fsp3) is 0.0476. The molecule has 0 spiro atoms. The van der Waals surface area contributed by atoms with Gasteiger partial charge in [-0.15, -0.1) is 0 Å². The molecular weight excluding hydrogens is 390 g/mol. The van der Waals surface area contributed by atoms with Gasteiger partial charge in [-0.2, -0.15) is 0 Å². The predicted octanol–water partition coefficient (Wildman–Crippen LogP) is 4.10. The Morgan fingerprint density at radius 1 is 1.07 bits per heavy atom. The Morgan fingerprint density at radius 2 is 1.90 bits per heavy atom. The highest BCUT2D eigenvalue weighted by Gasteiger charge is 2.12. The van der Waals surface area contributed by atoms with Crippen LogP contribution in [0.2, 0.25) is 5.02 Å². The van der Waals surface area contributed by atoms with E-state index in [-0.39, 0.29) is 5.82 Å². The minimum atomic E-state index is -0.699. The molecule has 0 fully saturated rings. The number of amides is 1. The van der Waals surface area contributed by atoms with Crippen LogP contribution in [0.4, 0.5) is 11.5 Å². The number of halogens is 1. The molecule has 29 heavy (non-hydrogen) atoms. The van der Waals surface area contributed by atoms with Crippen molar-refractivity contribution in [2.45, 2.75) is 6.61 Å². The lowest BCUT2D eigenvalue weighted by atomic mass is 10.2. The van der Waals surface area contributed by atoms with Gasteiger partial charge in [-0.05, 0) is 42.5 Å². The second-order valence-corrected chi connectivity index (χ2v) is 6.56. The van der Waals surface area contributed by atoms with E-state index in [1.165, 1.54) is 0 Å². The Balaban J connectivity index is 1.58. The van der Waals surface area contributed by atoms with Crippen LogP contribution >= 0.6 is 11.6 Å². The number of nitrogens with two attached hydrogens (primary N) is 1. The molecule has 4 aromatic rings. The highest BCUT2D eigenvalue weighted by atomic mass is 35.5. The number of aromatic nitrogens is 3. The van der Waals surface area contributed by atoms with Crippen molar-refractivity contribution in [3.63, 3.8) is 0 Å². The zero-order valence-electron chi connectivity index (χ0n) is 15.2. The van der Waals surface area contributed by atoms with Gasteiger partial charge in [0.15, 0.2) is 0 Å². The summed E-state index contributed by atoms with van der Waals surface area (Å²) in [6.45, 7) is 0.311. The Hall–Kier alpha value is -3.71. The minimum Gasteiger partial charge on any atom is -0.486 e. The van der Waals surface area contributed by atoms with E-state index in [0.717, 1.165) is 11.1 Å². The molecule has 3 N–H and O–H groups in total. The molecule has 2 heterocycles. The monoisotopic (exact) mass is 405 g/mol. The molecule has 4 rings (SSSR count). The summed E-state index contributed by atoms with van der Waals surface area (Å²) in [4.78, 5) is 24.2. The molecule has 0 radical (unpaired) electrons. The average Bonchev–Trinajstić information content (AvgIpc) is 2.74. The van der Waals surface area contributed by atoms with Crippen LogP contribution in [0.15, 0.2) is 66.9 Å². The molecule has 1 amide bonds. The van der Waals surface area contributed by atoms with Gasteiger partial charge in [-0.3, -0.25) is 9.78 Å². The summed E-state index contributed by atoms with van der Waals surface area (Å²) in [5.74, 6) is 0.235. The third-order valence-corrected chi connectivity index (χ3v) is 4.42. The lowest BCUT2D eigenvalue weighted by Crippen LogP contribution is -2.16. The smallest absolute Gasteiger partial charge is 0.286 e. The lowest BCUT2D eigenvalue weighted by Gasteiger charge is -2.12. The third-order valence-electron chi connectivity index (χ3n) is 4.12. The number of carbonyl (C=O) groups excluding carboxylic acids is 1. The van der Waals surface area contributed by atoms with Gasteiger partial charge in [0.1, 0.15) is 18.2 Å². The van der Waals surface area contributed by atoms with Crippen LogP contribution in [-0.4, -0.2) is 20.9 Å². The van der Waals surface area contributed by atoms with Gasteiger partial charge in [0.25, 0.3) is 5.91 Å². The zero-order valence-corrected chi connectivity index (χ0v) is 15.9. The summed E-state index contributed by atoms with van der Waals surface area (Å²) >= 11 is 6.37. The molecule has 2 aromatic heterocycles. The third kappa shape index (κ3) is 4.25. The van der Waals surface area contributed by atoms with Gasteiger partial charge in [-0.25, -0.2) is 9.97 Å². The van der Waals surface area contributed by atoms with Crippen molar-refractivity contribution in [1.29, 1.82) is 0 Å². The maximum Gasteiger partial charge on any atom is 0.286 e. The van der Waals surface area contributed by atoms with Crippen molar-refractivity contribution in [2.75, 3.05) is 5.32 Å². The maximum absolute atomic E-state index is 11.6. The number of para-hydroxylation sites is 1. The van der Waals surface area contributed by atoms with Crippen molar-refractivity contribution in [2.24, 2.45) is 5.73 Å². The molecule has 0 unspecified atom stereocenters. The van der Waals surface area contributed by atoms with E-state index in [2.05, 4.69) is 20.3 Å². The number of nitrogens with zero attached hydrogens (tertiary/aromatic N) is 3. The predicted molar refractivity (Wildman–Crippen MR) is 111 cm³/mol. The van der Waals surface area contributed by atoms with Crippen molar-refractivity contribution < 1.29 is 9.53 Å². The summed E-state index contributed by atoms with van der Waals surface area (Å²) in [5.41, 5.74) is 7.45. The SMILES string of the molecule is NC(=O)c1nc(Nc2ccc(OCc3ccccn3)c(Cl)c2)c2ccccc2n1. The van der Waals surface area contributed by atoms with Gasteiger partial charge in [-0.1, -0.05) is 29.8 Å². The van der Waals surface area contributed by atoms with Crippen LogP contribution < -0.4 is 15.8 Å². The molecule has 0 aliphatic heterocycles. The highest BCUT2D eigenvalue weighted by molar-refractivity contribution is 6.32. The number of benzene rings is 2. The topological polar surface area (TPSA) is 103 Å². The summed E-state index contributed by atoms with van der Waals surface area (Å²) in [7, 11) is 0. The first-order valence-corrected chi connectivity index (χ1v) is 9.14. The molecular formula is C21H16ClN5O2. The second kappa shape index (κ2) is 8.12. The van der Waals surface area contributed by atoms with E-state index >= 15 is 0 Å². The quantitative estimate of drug-likeness (QED) is 0.500. The molecule has 2 aromatic carbocycles. The zero-order chi connectivity index (χ0) is 20.2. The van der Waals surface area contributed by atoms with Crippen LogP contribution in [-0.2, 0) is 6.61 Å². The number of hydrogen-bond acceptors (Lipinski definition) is 6. The Bertz CT molecular complexity index is 1180. The maximum atomic E-state index is 11.6. The molecule has 0 saturated carbocycles. The minimum absolute atomic E-state index is 0.0624. The molecule has 144 valence electrons. The van der Waals surface area contributed by atoms with Crippen molar-refractivity contribution >= 4 is 39.9 Å². The number of ether oxygens (including phenoxy) is 1. The first kappa shape index (κ1) is 18.6. The molecule has 0 atom stereocenters. The van der Waals surface area contributed by atoms with Crippen LogP contribution in [0.1, 0.15) is 16.3 Å². The Labute approximate surface area is 171 Å². The van der Waals surface area contributed by atoms with Crippen molar-refractivity contribution in [1.82, 2.24) is 15.0 Å². The summed E-state index contributed by atoms with van der Waals surface area (Å²) < 4.78 is 5.74. The number of pyridine rings is 1. The van der Waals surface area contributed by atoms with Gasteiger partial charge in [0, 0.05) is 17.3 Å². The van der Waals surface area contributed by atoms with E-state index in [9.17, 15) is 4.79 Å². The van der Waals surface area contributed by atoms with Crippen LogP contribution in [0.5, 0.6) is 5.75 Å². The standard InChI is InChI=1S/C21H16ClN5O2/c22-16-11-13(8-9-18(16)29-12-14-5-3-4-10-24-14)25-20-15-6-1-2-7-17(15)26-21(27-20)19(23)28/h1-11H,12H2,(H2,23,28)(H,25,26,27). The van der Waals surface area contributed by atoms with E-state index in [4.69, 9.17) is 22.1 Å². The average molecular weight is 406 g/mol. The molecule has 0 bridgehead atoms. The molecule has 0 aliphatic rings. The Kier molecular flexibility index (Phi) is 5.22. The number of anilines is 2. The van der Waals surface area contributed by atoms with Crippen LogP contribution in [0, 0.1) is 0 Å². The van der Waals surface area contributed by atoms with E-state index < -0.39 is 5.91 Å². The number of rotatable bonds is 6. The molecule has 7 nitrogen and oxygen atoms in total. The number of nitrogens with one attached hydrogen (secondary N) is 1.